The molecule has 1 aliphatic rings. The summed E-state index contributed by atoms with van der Waals surface area (Å²) in [6.07, 6.45) is 1.48. The molecule has 0 saturated carbocycles. The van der Waals surface area contributed by atoms with Gasteiger partial charge in [0, 0.05) is 12.8 Å². The second-order valence-electron chi connectivity index (χ2n) is 4.44. The number of amides is 2. The van der Waals surface area contributed by atoms with Crippen LogP contribution in [0.15, 0.2) is 23.3 Å². The first-order valence-corrected chi connectivity index (χ1v) is 6.47. The summed E-state index contributed by atoms with van der Waals surface area (Å²) in [6.45, 7) is 2.04. The molecule has 2 rings (SSSR count). The van der Waals surface area contributed by atoms with Crippen LogP contribution in [0.2, 0.25) is 0 Å². The fourth-order valence-corrected chi connectivity index (χ4v) is 1.91. The molecule has 20 heavy (non-hydrogen) atoms. The third kappa shape index (κ3) is 3.14. The summed E-state index contributed by atoms with van der Waals surface area (Å²) in [5, 5.41) is 6.54. The average Bonchev–Trinajstić information content (AvgIpc) is 2.47. The maximum absolute atomic E-state index is 12.1. The summed E-state index contributed by atoms with van der Waals surface area (Å²) in [4.78, 5) is 23.1. The fraction of sp³-hybridized carbons (Fsp3) is 0.357. The van der Waals surface area contributed by atoms with E-state index in [0.29, 0.717) is 23.6 Å². The molecule has 0 spiro atoms. The van der Waals surface area contributed by atoms with Crippen molar-refractivity contribution in [2.45, 2.75) is 26.2 Å². The third-order valence-corrected chi connectivity index (χ3v) is 3.09. The van der Waals surface area contributed by atoms with Gasteiger partial charge in [-0.15, -0.1) is 0 Å². The van der Waals surface area contributed by atoms with Crippen LogP contribution in [-0.4, -0.2) is 24.6 Å². The van der Waals surface area contributed by atoms with E-state index in [1.807, 2.05) is 25.1 Å². The van der Waals surface area contributed by atoms with Crippen molar-refractivity contribution < 1.29 is 14.3 Å². The van der Waals surface area contributed by atoms with Gasteiger partial charge in [-0.2, -0.15) is 5.10 Å². The summed E-state index contributed by atoms with van der Waals surface area (Å²) in [5.74, 6) is 0.0969. The lowest BCUT2D eigenvalue weighted by molar-refractivity contribution is -0.121. The van der Waals surface area contributed by atoms with Crippen LogP contribution in [0.3, 0.4) is 0 Å². The van der Waals surface area contributed by atoms with Crippen molar-refractivity contribution in [2.75, 3.05) is 12.4 Å². The maximum Gasteiger partial charge on any atom is 0.271 e. The van der Waals surface area contributed by atoms with Crippen LogP contribution in [0.4, 0.5) is 5.69 Å². The van der Waals surface area contributed by atoms with E-state index < -0.39 is 0 Å². The van der Waals surface area contributed by atoms with Crippen LogP contribution in [0.1, 0.15) is 25.3 Å². The number of carbonyl (C=O) groups excluding carboxylic acids is 2. The second-order valence-corrected chi connectivity index (χ2v) is 4.44. The minimum Gasteiger partial charge on any atom is -0.495 e. The van der Waals surface area contributed by atoms with E-state index >= 15 is 0 Å². The van der Waals surface area contributed by atoms with Crippen molar-refractivity contribution in [3.05, 3.63) is 23.8 Å². The van der Waals surface area contributed by atoms with Gasteiger partial charge in [0.25, 0.3) is 5.91 Å². The Balaban J connectivity index is 2.16. The van der Waals surface area contributed by atoms with Crippen molar-refractivity contribution in [3.63, 3.8) is 0 Å². The monoisotopic (exact) mass is 275 g/mol. The van der Waals surface area contributed by atoms with Gasteiger partial charge in [-0.25, -0.2) is 5.43 Å². The molecule has 6 nitrogen and oxygen atoms in total. The largest absolute Gasteiger partial charge is 0.495 e. The van der Waals surface area contributed by atoms with Gasteiger partial charge < -0.3 is 10.1 Å². The fourth-order valence-electron chi connectivity index (χ4n) is 1.91. The Morgan fingerprint density at radius 3 is 2.85 bits per heavy atom. The molecule has 1 aromatic rings. The van der Waals surface area contributed by atoms with Gasteiger partial charge in [-0.3, -0.25) is 9.59 Å². The summed E-state index contributed by atoms with van der Waals surface area (Å²) in [6, 6.07) is 5.64. The van der Waals surface area contributed by atoms with Gasteiger partial charge in [0.1, 0.15) is 11.5 Å². The van der Waals surface area contributed by atoms with Gasteiger partial charge in [-0.05, 0) is 24.1 Å². The lowest BCUT2D eigenvalue weighted by Crippen LogP contribution is -2.32. The molecule has 0 saturated heterocycles. The molecule has 0 bridgehead atoms. The molecule has 1 heterocycles. The first-order valence-electron chi connectivity index (χ1n) is 6.47. The van der Waals surface area contributed by atoms with Gasteiger partial charge in [0.05, 0.1) is 12.8 Å². The molecule has 0 radical (unpaired) electrons. The van der Waals surface area contributed by atoms with E-state index in [2.05, 4.69) is 15.8 Å². The highest BCUT2D eigenvalue weighted by Crippen LogP contribution is 2.25. The maximum atomic E-state index is 12.1. The number of methoxy groups -OCH3 is 1. The van der Waals surface area contributed by atoms with E-state index in [4.69, 9.17) is 4.74 Å². The predicted molar refractivity (Wildman–Crippen MR) is 75.8 cm³/mol. The molecular weight excluding hydrogens is 258 g/mol. The first kappa shape index (κ1) is 14.0. The predicted octanol–water partition coefficient (Wildman–Crippen LogP) is 1.46. The van der Waals surface area contributed by atoms with E-state index in [1.54, 1.807) is 7.11 Å². The number of ether oxygens (including phenoxy) is 1. The lowest BCUT2D eigenvalue weighted by atomic mass is 10.1. The van der Waals surface area contributed by atoms with Gasteiger partial charge in [0.15, 0.2) is 0 Å². The number of nitrogens with zero attached hydrogens (tertiary/aromatic N) is 1. The van der Waals surface area contributed by atoms with Crippen molar-refractivity contribution in [1.82, 2.24) is 5.43 Å². The topological polar surface area (TPSA) is 79.8 Å². The van der Waals surface area contributed by atoms with E-state index in [1.165, 1.54) is 0 Å². The zero-order valence-corrected chi connectivity index (χ0v) is 11.5. The Morgan fingerprint density at radius 2 is 2.25 bits per heavy atom. The van der Waals surface area contributed by atoms with Crippen molar-refractivity contribution in [3.8, 4) is 5.75 Å². The Hall–Kier alpha value is -2.37. The molecule has 2 N–H and O–H groups in total. The van der Waals surface area contributed by atoms with Crippen LogP contribution >= 0.6 is 0 Å². The van der Waals surface area contributed by atoms with E-state index in [0.717, 1.165) is 12.0 Å². The van der Waals surface area contributed by atoms with Gasteiger partial charge in [0.2, 0.25) is 5.91 Å². The average molecular weight is 275 g/mol. The number of hydrogen-bond acceptors (Lipinski definition) is 4. The quantitative estimate of drug-likeness (QED) is 0.873. The molecule has 0 aliphatic carbocycles. The van der Waals surface area contributed by atoms with E-state index in [-0.39, 0.29) is 18.2 Å². The number of carbonyl (C=O) groups is 2. The molecule has 1 aliphatic heterocycles. The van der Waals surface area contributed by atoms with Crippen molar-refractivity contribution in [1.29, 1.82) is 0 Å². The summed E-state index contributed by atoms with van der Waals surface area (Å²) >= 11 is 0. The normalized spacial score (nSPS) is 14.3. The Bertz CT molecular complexity index is 567. The summed E-state index contributed by atoms with van der Waals surface area (Å²) in [5.41, 5.74) is 4.33. The minimum atomic E-state index is -0.323. The smallest absolute Gasteiger partial charge is 0.271 e. The number of rotatable bonds is 4. The van der Waals surface area contributed by atoms with Gasteiger partial charge >= 0.3 is 0 Å². The minimum absolute atomic E-state index is 0.174. The van der Waals surface area contributed by atoms with Gasteiger partial charge in [-0.1, -0.05) is 13.0 Å². The van der Waals surface area contributed by atoms with Crippen LogP contribution in [0.5, 0.6) is 5.75 Å². The number of aryl methyl sites for hydroxylation is 1. The molecule has 0 aromatic heterocycles. The Labute approximate surface area is 117 Å². The third-order valence-electron chi connectivity index (χ3n) is 3.09. The van der Waals surface area contributed by atoms with Crippen LogP contribution in [0.25, 0.3) is 0 Å². The number of benzene rings is 1. The summed E-state index contributed by atoms with van der Waals surface area (Å²) < 4.78 is 5.23. The molecule has 0 unspecified atom stereocenters. The number of hydrogen-bond donors (Lipinski definition) is 2. The van der Waals surface area contributed by atoms with E-state index in [9.17, 15) is 9.59 Å². The molecule has 6 heteroatoms. The highest BCUT2D eigenvalue weighted by molar-refractivity contribution is 6.43. The molecule has 0 fully saturated rings. The van der Waals surface area contributed by atoms with Crippen LogP contribution < -0.4 is 15.5 Å². The highest BCUT2D eigenvalue weighted by Gasteiger charge is 2.19. The molecule has 2 amide bonds. The first-order chi connectivity index (χ1) is 9.63. The number of nitrogens with one attached hydrogen (secondary N) is 2. The Morgan fingerprint density at radius 1 is 1.45 bits per heavy atom. The molecule has 106 valence electrons. The zero-order chi connectivity index (χ0) is 14.5. The van der Waals surface area contributed by atoms with Crippen molar-refractivity contribution >= 4 is 23.2 Å². The molecule has 1 aromatic carbocycles. The lowest BCUT2D eigenvalue weighted by Gasteiger charge is -2.14. The molecule has 0 atom stereocenters. The molecular formula is C14H17N3O3. The zero-order valence-electron chi connectivity index (χ0n) is 11.5. The summed E-state index contributed by atoms with van der Waals surface area (Å²) in [7, 11) is 1.55. The number of hydrazone groups is 1. The SMILES string of the molecule is CCc1ccc(OC)c(NC(=O)C2=NNC(=O)CC2)c1. The van der Waals surface area contributed by atoms with Crippen molar-refractivity contribution in [2.24, 2.45) is 5.10 Å². The highest BCUT2D eigenvalue weighted by atomic mass is 16.5. The van der Waals surface area contributed by atoms with Crippen LogP contribution in [-0.2, 0) is 16.0 Å². The standard InChI is InChI=1S/C14H17N3O3/c1-3-9-4-6-12(20-2)11(8-9)15-14(19)10-5-7-13(18)17-16-10/h4,6,8H,3,5,7H2,1-2H3,(H,15,19)(H,17,18). The second kappa shape index (κ2) is 6.18. The van der Waals surface area contributed by atoms with Crippen LogP contribution in [0, 0.1) is 0 Å². The number of anilines is 1. The Kier molecular flexibility index (Phi) is 4.34.